The van der Waals surface area contributed by atoms with Gasteiger partial charge < -0.3 is 23.8 Å². The molecule has 2 rings (SSSR count). The molecule has 0 spiro atoms. The Morgan fingerprint density at radius 2 is 1.68 bits per heavy atom. The molecular weight excluding hydrogens is 410 g/mol. The standard InChI is InChI=1S/C20H29N3O8/c1-20(2,3)31-18(24)22-10-8-21(9-11-22)12-13-28-14-15-29-19(25)30-17-6-4-16(5-7-17)23(26)27/h4-7H,8-15H2,1-3H3. The smallest absolute Gasteiger partial charge is 0.444 e. The van der Waals surface area contributed by atoms with Crippen molar-refractivity contribution in [3.05, 3.63) is 34.4 Å². The minimum absolute atomic E-state index is 0.0260. The van der Waals surface area contributed by atoms with Gasteiger partial charge in [-0.2, -0.15) is 0 Å². The maximum absolute atomic E-state index is 12.0. The third kappa shape index (κ3) is 9.18. The van der Waals surface area contributed by atoms with Crippen molar-refractivity contribution in [2.45, 2.75) is 26.4 Å². The summed E-state index contributed by atoms with van der Waals surface area (Å²) in [5.41, 5.74) is -0.598. The Balaban J connectivity index is 1.52. The first-order valence-corrected chi connectivity index (χ1v) is 10.0. The summed E-state index contributed by atoms with van der Waals surface area (Å²) in [6.07, 6.45) is -1.20. The van der Waals surface area contributed by atoms with E-state index in [0.717, 1.165) is 13.1 Å². The van der Waals surface area contributed by atoms with E-state index in [1.807, 2.05) is 20.8 Å². The van der Waals surface area contributed by atoms with Crippen molar-refractivity contribution in [2.75, 3.05) is 52.5 Å². The predicted octanol–water partition coefficient (Wildman–Crippen LogP) is 2.68. The van der Waals surface area contributed by atoms with Gasteiger partial charge in [-0.15, -0.1) is 0 Å². The number of hydrogen-bond acceptors (Lipinski definition) is 9. The van der Waals surface area contributed by atoms with Gasteiger partial charge >= 0.3 is 12.2 Å². The number of rotatable bonds is 8. The highest BCUT2D eigenvalue weighted by Crippen LogP contribution is 2.17. The number of hydrogen-bond donors (Lipinski definition) is 0. The number of benzene rings is 1. The zero-order chi connectivity index (χ0) is 22.9. The first kappa shape index (κ1) is 24.4. The van der Waals surface area contributed by atoms with Gasteiger partial charge in [-0.1, -0.05) is 0 Å². The van der Waals surface area contributed by atoms with E-state index >= 15 is 0 Å². The van der Waals surface area contributed by atoms with Gasteiger partial charge in [-0.25, -0.2) is 9.59 Å². The number of nitro groups is 1. The van der Waals surface area contributed by atoms with Crippen LogP contribution in [0, 0.1) is 10.1 Å². The summed E-state index contributed by atoms with van der Waals surface area (Å²) in [5.74, 6) is 0.155. The first-order chi connectivity index (χ1) is 14.6. The average Bonchev–Trinajstić information content (AvgIpc) is 2.70. The summed E-state index contributed by atoms with van der Waals surface area (Å²) in [6, 6.07) is 5.11. The van der Waals surface area contributed by atoms with Crippen LogP contribution in [0.25, 0.3) is 0 Å². The van der Waals surface area contributed by atoms with E-state index in [-0.39, 0.29) is 30.7 Å². The van der Waals surface area contributed by atoms with E-state index in [1.54, 1.807) is 4.90 Å². The Hall–Kier alpha value is -2.92. The van der Waals surface area contributed by atoms with Crippen LogP contribution in [0.15, 0.2) is 24.3 Å². The summed E-state index contributed by atoms with van der Waals surface area (Å²) < 4.78 is 20.7. The van der Waals surface area contributed by atoms with Crippen molar-refractivity contribution in [3.8, 4) is 5.75 Å². The monoisotopic (exact) mass is 439 g/mol. The van der Waals surface area contributed by atoms with E-state index in [0.29, 0.717) is 26.2 Å². The summed E-state index contributed by atoms with van der Waals surface area (Å²) >= 11 is 0. The Bertz CT molecular complexity index is 740. The lowest BCUT2D eigenvalue weighted by Gasteiger charge is -2.35. The highest BCUT2D eigenvalue weighted by molar-refractivity contribution is 5.68. The second-order valence-electron chi connectivity index (χ2n) is 7.87. The Morgan fingerprint density at radius 3 is 2.26 bits per heavy atom. The molecule has 0 aromatic heterocycles. The van der Waals surface area contributed by atoms with Crippen LogP contribution in [0.3, 0.4) is 0 Å². The lowest BCUT2D eigenvalue weighted by molar-refractivity contribution is -0.384. The van der Waals surface area contributed by atoms with Gasteiger partial charge in [0, 0.05) is 44.9 Å². The van der Waals surface area contributed by atoms with Gasteiger partial charge in [0.1, 0.15) is 18.0 Å². The number of ether oxygens (including phenoxy) is 4. The quantitative estimate of drug-likeness (QED) is 0.198. The third-order valence-corrected chi connectivity index (χ3v) is 4.27. The van der Waals surface area contributed by atoms with Crippen molar-refractivity contribution in [1.29, 1.82) is 0 Å². The highest BCUT2D eigenvalue weighted by atomic mass is 16.7. The van der Waals surface area contributed by atoms with Crippen molar-refractivity contribution in [2.24, 2.45) is 0 Å². The molecule has 1 aliphatic heterocycles. The molecule has 172 valence electrons. The first-order valence-electron chi connectivity index (χ1n) is 10.0. The number of nitro benzene ring substituents is 1. The van der Waals surface area contributed by atoms with Crippen LogP contribution in [0.5, 0.6) is 5.75 Å². The van der Waals surface area contributed by atoms with Gasteiger partial charge in [-0.05, 0) is 32.9 Å². The number of nitrogens with zero attached hydrogens (tertiary/aromatic N) is 3. The minimum Gasteiger partial charge on any atom is -0.444 e. The van der Waals surface area contributed by atoms with Crippen LogP contribution in [-0.4, -0.2) is 85.1 Å². The predicted molar refractivity (Wildman–Crippen MR) is 110 cm³/mol. The molecular formula is C20H29N3O8. The summed E-state index contributed by atoms with van der Waals surface area (Å²) in [4.78, 5) is 37.6. The molecule has 1 aromatic carbocycles. The lowest BCUT2D eigenvalue weighted by Crippen LogP contribution is -2.50. The summed E-state index contributed by atoms with van der Waals surface area (Å²) in [5, 5.41) is 10.6. The minimum atomic E-state index is -0.907. The maximum atomic E-state index is 12.0. The third-order valence-electron chi connectivity index (χ3n) is 4.27. The van der Waals surface area contributed by atoms with Gasteiger partial charge in [0.05, 0.1) is 18.1 Å². The Labute approximate surface area is 180 Å². The molecule has 0 unspecified atom stereocenters. The topological polar surface area (TPSA) is 121 Å². The van der Waals surface area contributed by atoms with Crippen LogP contribution in [-0.2, 0) is 14.2 Å². The fourth-order valence-corrected chi connectivity index (χ4v) is 2.72. The van der Waals surface area contributed by atoms with E-state index in [2.05, 4.69) is 4.90 Å². The molecule has 1 saturated heterocycles. The average molecular weight is 439 g/mol. The zero-order valence-electron chi connectivity index (χ0n) is 18.1. The van der Waals surface area contributed by atoms with Crippen LogP contribution in [0.2, 0.25) is 0 Å². The maximum Gasteiger partial charge on any atom is 0.513 e. The molecule has 1 heterocycles. The van der Waals surface area contributed by atoms with Crippen molar-refractivity contribution in [1.82, 2.24) is 9.80 Å². The van der Waals surface area contributed by atoms with E-state index < -0.39 is 16.7 Å². The summed E-state index contributed by atoms with van der Waals surface area (Å²) in [6.45, 7) is 9.63. The molecule has 0 aliphatic carbocycles. The van der Waals surface area contributed by atoms with Crippen LogP contribution in [0.1, 0.15) is 20.8 Å². The second-order valence-corrected chi connectivity index (χ2v) is 7.87. The molecule has 0 bridgehead atoms. The van der Waals surface area contributed by atoms with Crippen LogP contribution < -0.4 is 4.74 Å². The molecule has 11 nitrogen and oxygen atoms in total. The Kier molecular flexibility index (Phi) is 9.01. The molecule has 0 saturated carbocycles. The Morgan fingerprint density at radius 1 is 1.03 bits per heavy atom. The number of carbonyl (C=O) groups is 2. The molecule has 1 aromatic rings. The molecule has 0 N–H and O–H groups in total. The van der Waals surface area contributed by atoms with Crippen molar-refractivity contribution in [3.63, 3.8) is 0 Å². The fraction of sp³-hybridized carbons (Fsp3) is 0.600. The van der Waals surface area contributed by atoms with Crippen LogP contribution in [0.4, 0.5) is 15.3 Å². The SMILES string of the molecule is CC(C)(C)OC(=O)N1CCN(CCOCCOC(=O)Oc2ccc([N+](=O)[O-])cc2)CC1. The van der Waals surface area contributed by atoms with E-state index in [9.17, 15) is 19.7 Å². The van der Waals surface area contributed by atoms with Gasteiger partial charge in [0.25, 0.3) is 5.69 Å². The molecule has 1 fully saturated rings. The van der Waals surface area contributed by atoms with E-state index in [1.165, 1.54) is 24.3 Å². The second kappa shape index (κ2) is 11.5. The summed E-state index contributed by atoms with van der Waals surface area (Å²) in [7, 11) is 0. The van der Waals surface area contributed by atoms with Gasteiger partial charge in [-0.3, -0.25) is 15.0 Å². The van der Waals surface area contributed by atoms with Crippen molar-refractivity contribution >= 4 is 17.9 Å². The molecule has 1 aliphatic rings. The fourth-order valence-electron chi connectivity index (χ4n) is 2.72. The zero-order valence-corrected chi connectivity index (χ0v) is 18.1. The largest absolute Gasteiger partial charge is 0.513 e. The van der Waals surface area contributed by atoms with Gasteiger partial charge in [0.15, 0.2) is 0 Å². The highest BCUT2D eigenvalue weighted by Gasteiger charge is 2.25. The molecule has 0 radical (unpaired) electrons. The van der Waals surface area contributed by atoms with Gasteiger partial charge in [0.2, 0.25) is 0 Å². The van der Waals surface area contributed by atoms with Crippen LogP contribution >= 0.6 is 0 Å². The van der Waals surface area contributed by atoms with Crippen molar-refractivity contribution < 1.29 is 33.5 Å². The number of carbonyl (C=O) groups excluding carboxylic acids is 2. The normalized spacial score (nSPS) is 14.7. The molecule has 31 heavy (non-hydrogen) atoms. The molecule has 11 heteroatoms. The van der Waals surface area contributed by atoms with E-state index in [4.69, 9.17) is 18.9 Å². The number of piperazine rings is 1. The number of non-ortho nitro benzene ring substituents is 1. The number of amides is 1. The molecule has 0 atom stereocenters. The molecule has 1 amide bonds. The lowest BCUT2D eigenvalue weighted by atomic mass is 10.2.